The number of carbonyl (C=O) groups is 1. The molecule has 0 radical (unpaired) electrons. The van der Waals surface area contributed by atoms with Gasteiger partial charge in [0, 0.05) is 25.5 Å². The van der Waals surface area contributed by atoms with Crippen LogP contribution in [0.2, 0.25) is 0 Å². The maximum absolute atomic E-state index is 12.9. The van der Waals surface area contributed by atoms with Crippen LogP contribution in [0.4, 0.5) is 0 Å². The summed E-state index contributed by atoms with van der Waals surface area (Å²) >= 11 is 3.06. The molecule has 0 aromatic carbocycles. The van der Waals surface area contributed by atoms with Gasteiger partial charge >= 0.3 is 0 Å². The van der Waals surface area contributed by atoms with Crippen molar-refractivity contribution in [2.24, 2.45) is 13.0 Å². The average molecular weight is 420 g/mol. The number of nitrogens with zero attached hydrogens (tertiary/aromatic N) is 3. The first-order valence-electron chi connectivity index (χ1n) is 10.4. The summed E-state index contributed by atoms with van der Waals surface area (Å²) in [6.45, 7) is 0.850. The van der Waals surface area contributed by atoms with Gasteiger partial charge in [0.2, 0.25) is 5.91 Å². The summed E-state index contributed by atoms with van der Waals surface area (Å²) in [6.07, 6.45) is 10.8. The molecule has 1 amide bonds. The highest BCUT2D eigenvalue weighted by Crippen LogP contribution is 2.34. The molecule has 7 heteroatoms. The fraction of sp³-hybridized carbons (Fsp3) is 0.667. The number of thiophene rings is 1. The van der Waals surface area contributed by atoms with Gasteiger partial charge in [-0.15, -0.1) is 11.3 Å². The van der Waals surface area contributed by atoms with Crippen LogP contribution in [0.3, 0.4) is 0 Å². The van der Waals surface area contributed by atoms with Gasteiger partial charge in [-0.1, -0.05) is 31.0 Å². The summed E-state index contributed by atoms with van der Waals surface area (Å²) in [5.74, 6) is 1.10. The van der Waals surface area contributed by atoms with Gasteiger partial charge in [0.05, 0.1) is 11.1 Å². The molecule has 2 aromatic rings. The van der Waals surface area contributed by atoms with E-state index in [2.05, 4.69) is 0 Å². The van der Waals surface area contributed by atoms with E-state index in [0.29, 0.717) is 16.8 Å². The maximum Gasteiger partial charge on any atom is 0.262 e. The van der Waals surface area contributed by atoms with Crippen molar-refractivity contribution in [3.8, 4) is 0 Å². The van der Waals surface area contributed by atoms with Crippen molar-refractivity contribution < 1.29 is 4.79 Å². The Hall–Kier alpha value is -1.34. The molecule has 1 saturated carbocycles. The lowest BCUT2D eigenvalue weighted by atomic mass is 9.89. The number of fused-ring (bicyclic) bond motifs is 3. The third-order valence-corrected chi connectivity index (χ3v) is 8.36. The Labute approximate surface area is 174 Å². The highest BCUT2D eigenvalue weighted by atomic mass is 32.2. The molecule has 2 aliphatic rings. The molecule has 0 saturated heterocycles. The van der Waals surface area contributed by atoms with Gasteiger partial charge in [0.1, 0.15) is 4.83 Å². The van der Waals surface area contributed by atoms with Crippen LogP contribution in [0.15, 0.2) is 9.95 Å². The van der Waals surface area contributed by atoms with Crippen LogP contribution < -0.4 is 5.56 Å². The molecule has 0 N–H and O–H groups in total. The maximum atomic E-state index is 12.9. The van der Waals surface area contributed by atoms with Gasteiger partial charge in [-0.25, -0.2) is 4.98 Å². The first-order valence-corrected chi connectivity index (χ1v) is 12.2. The lowest BCUT2D eigenvalue weighted by Crippen LogP contribution is -2.34. The molecule has 5 nitrogen and oxygen atoms in total. The first kappa shape index (κ1) is 20.0. The van der Waals surface area contributed by atoms with E-state index in [-0.39, 0.29) is 11.5 Å². The molecule has 152 valence electrons. The Bertz CT molecular complexity index is 928. The Kier molecular flexibility index (Phi) is 6.11. The Morgan fingerprint density at radius 1 is 1.21 bits per heavy atom. The zero-order valence-corrected chi connectivity index (χ0v) is 18.5. The normalized spacial score (nSPS) is 17.6. The smallest absolute Gasteiger partial charge is 0.262 e. The molecule has 2 aromatic heterocycles. The van der Waals surface area contributed by atoms with E-state index in [0.717, 1.165) is 36.0 Å². The number of hydrogen-bond acceptors (Lipinski definition) is 5. The summed E-state index contributed by atoms with van der Waals surface area (Å²) in [6, 6.07) is 0. The van der Waals surface area contributed by atoms with Gasteiger partial charge in [-0.05, 0) is 50.0 Å². The van der Waals surface area contributed by atoms with E-state index in [1.165, 1.54) is 60.7 Å². The Morgan fingerprint density at radius 3 is 2.75 bits per heavy atom. The molecule has 28 heavy (non-hydrogen) atoms. The first-order chi connectivity index (χ1) is 13.5. The highest BCUT2D eigenvalue weighted by molar-refractivity contribution is 7.99. The summed E-state index contributed by atoms with van der Waals surface area (Å²) in [5.41, 5.74) is 1.26. The van der Waals surface area contributed by atoms with Crippen LogP contribution in [0.25, 0.3) is 10.2 Å². The molecule has 2 heterocycles. The molecule has 4 rings (SSSR count). The van der Waals surface area contributed by atoms with Crippen molar-refractivity contribution >= 4 is 39.2 Å². The number of hydrogen-bond donors (Lipinski definition) is 0. The molecule has 0 atom stereocenters. The van der Waals surface area contributed by atoms with E-state index >= 15 is 0 Å². The second-order valence-electron chi connectivity index (χ2n) is 8.22. The van der Waals surface area contributed by atoms with Gasteiger partial charge < -0.3 is 4.90 Å². The third-order valence-electron chi connectivity index (χ3n) is 6.16. The van der Waals surface area contributed by atoms with Crippen molar-refractivity contribution in [3.05, 3.63) is 20.8 Å². The average Bonchev–Trinajstić information content (AvgIpc) is 3.08. The number of rotatable bonds is 5. The molecule has 2 aliphatic carbocycles. The van der Waals surface area contributed by atoms with Gasteiger partial charge in [0.25, 0.3) is 5.56 Å². The van der Waals surface area contributed by atoms with E-state index < -0.39 is 0 Å². The van der Waals surface area contributed by atoms with Gasteiger partial charge in [0.15, 0.2) is 5.16 Å². The zero-order valence-electron chi connectivity index (χ0n) is 16.8. The van der Waals surface area contributed by atoms with E-state index in [1.54, 1.807) is 23.0 Å². The Balaban J connectivity index is 1.46. The molecule has 0 bridgehead atoms. The van der Waals surface area contributed by atoms with Crippen LogP contribution in [-0.4, -0.2) is 39.7 Å². The standard InChI is InChI=1S/C21H29N3O2S2/c1-23(12-14-8-4-3-5-9-14)17(25)13-27-21-22-19-18(20(26)24(21)2)15-10-6-7-11-16(15)28-19/h14H,3-13H2,1-2H3. The van der Waals surface area contributed by atoms with E-state index in [1.807, 2.05) is 11.9 Å². The number of aryl methyl sites for hydroxylation is 2. The minimum absolute atomic E-state index is 0.0370. The van der Waals surface area contributed by atoms with Crippen LogP contribution in [-0.2, 0) is 24.7 Å². The van der Waals surface area contributed by atoms with Crippen LogP contribution >= 0.6 is 23.1 Å². The number of aromatic nitrogens is 2. The number of thioether (sulfide) groups is 1. The Morgan fingerprint density at radius 2 is 1.96 bits per heavy atom. The fourth-order valence-corrected chi connectivity index (χ4v) is 6.71. The van der Waals surface area contributed by atoms with Crippen LogP contribution in [0.1, 0.15) is 55.4 Å². The van der Waals surface area contributed by atoms with Crippen LogP contribution in [0, 0.1) is 5.92 Å². The van der Waals surface area contributed by atoms with Crippen molar-refractivity contribution in [1.82, 2.24) is 14.5 Å². The topological polar surface area (TPSA) is 55.2 Å². The van der Waals surface area contributed by atoms with Crippen molar-refractivity contribution in [2.45, 2.75) is 62.9 Å². The second kappa shape index (κ2) is 8.57. The fourth-order valence-electron chi connectivity index (χ4n) is 4.49. The van der Waals surface area contributed by atoms with E-state index in [4.69, 9.17) is 4.98 Å². The lowest BCUT2D eigenvalue weighted by Gasteiger charge is -2.27. The van der Waals surface area contributed by atoms with Crippen LogP contribution in [0.5, 0.6) is 0 Å². The number of amides is 1. The largest absolute Gasteiger partial charge is 0.345 e. The minimum Gasteiger partial charge on any atom is -0.345 e. The molecule has 1 fully saturated rings. The number of carbonyl (C=O) groups excluding carboxylic acids is 1. The SMILES string of the molecule is CN(CC1CCCCC1)C(=O)CSc1nc2sc3c(c2c(=O)n1C)CCCC3. The predicted molar refractivity (Wildman–Crippen MR) is 116 cm³/mol. The highest BCUT2D eigenvalue weighted by Gasteiger charge is 2.22. The molecular weight excluding hydrogens is 390 g/mol. The molecule has 0 unspecified atom stereocenters. The summed E-state index contributed by atoms with van der Waals surface area (Å²) in [4.78, 5) is 34.3. The molecule has 0 aliphatic heterocycles. The lowest BCUT2D eigenvalue weighted by molar-refractivity contribution is -0.127. The van der Waals surface area contributed by atoms with Gasteiger partial charge in [-0.2, -0.15) is 0 Å². The molecule has 0 spiro atoms. The summed E-state index contributed by atoms with van der Waals surface area (Å²) in [5, 5.41) is 1.46. The van der Waals surface area contributed by atoms with E-state index in [9.17, 15) is 9.59 Å². The predicted octanol–water partition coefficient (Wildman–Crippen LogP) is 4.00. The summed E-state index contributed by atoms with van der Waals surface area (Å²) in [7, 11) is 3.68. The van der Waals surface area contributed by atoms with Crippen molar-refractivity contribution in [2.75, 3.05) is 19.3 Å². The quantitative estimate of drug-likeness (QED) is 0.543. The summed E-state index contributed by atoms with van der Waals surface area (Å²) < 4.78 is 1.63. The van der Waals surface area contributed by atoms with Gasteiger partial charge in [-0.3, -0.25) is 14.2 Å². The minimum atomic E-state index is 0.0370. The molecular formula is C21H29N3O2S2. The zero-order chi connectivity index (χ0) is 19.7. The monoisotopic (exact) mass is 419 g/mol. The second-order valence-corrected chi connectivity index (χ2v) is 10.2. The van der Waals surface area contributed by atoms with Crippen molar-refractivity contribution in [1.29, 1.82) is 0 Å². The third kappa shape index (κ3) is 4.01. The van der Waals surface area contributed by atoms with Crippen molar-refractivity contribution in [3.63, 3.8) is 0 Å².